The first-order chi connectivity index (χ1) is 11.5. The summed E-state index contributed by atoms with van der Waals surface area (Å²) in [4.78, 5) is 23.4. The average molecular weight is 391 g/mol. The molecular formula is C18H17BrNO4-. The van der Waals surface area contributed by atoms with Gasteiger partial charge in [-0.05, 0) is 54.8 Å². The lowest BCUT2D eigenvalue weighted by molar-refractivity contribution is -0.306. The molecule has 0 fully saturated rings. The van der Waals surface area contributed by atoms with Gasteiger partial charge in [0.1, 0.15) is 5.75 Å². The summed E-state index contributed by atoms with van der Waals surface area (Å²) in [5, 5.41) is 13.7. The molecule has 5 nitrogen and oxygen atoms in total. The van der Waals surface area contributed by atoms with E-state index in [0.29, 0.717) is 17.9 Å². The maximum atomic E-state index is 12.4. The minimum atomic E-state index is -1.25. The van der Waals surface area contributed by atoms with Gasteiger partial charge in [0.2, 0.25) is 5.91 Å². The lowest BCUT2D eigenvalue weighted by atomic mass is 9.95. The molecule has 24 heavy (non-hydrogen) atoms. The Morgan fingerprint density at radius 3 is 2.29 bits per heavy atom. The second-order valence-corrected chi connectivity index (χ2v) is 6.24. The topological polar surface area (TPSA) is 78.5 Å². The third-order valence-corrected chi connectivity index (χ3v) is 4.07. The van der Waals surface area contributed by atoms with Crippen LogP contribution in [-0.4, -0.2) is 19.0 Å². The quantitative estimate of drug-likeness (QED) is 0.786. The number of ether oxygens (including phenoxy) is 1. The van der Waals surface area contributed by atoms with Crippen molar-refractivity contribution in [3.8, 4) is 5.75 Å². The standard InChI is InChI=1S/C18H18BrNO4/c1-24-16-8-6-15(7-9-16)20-18(23)13(11-17(21)22)10-12-2-4-14(19)5-3-12/h2-9,13H,10-11H2,1H3,(H,20,23)(H,21,22)/p-1/t13-/m1/s1. The van der Waals surface area contributed by atoms with Crippen molar-refractivity contribution in [2.24, 2.45) is 5.92 Å². The van der Waals surface area contributed by atoms with Crippen molar-refractivity contribution < 1.29 is 19.4 Å². The Bertz CT molecular complexity index is 698. The Balaban J connectivity index is 2.08. The highest BCUT2D eigenvalue weighted by Gasteiger charge is 2.19. The monoisotopic (exact) mass is 390 g/mol. The van der Waals surface area contributed by atoms with E-state index in [1.54, 1.807) is 31.4 Å². The molecular weight excluding hydrogens is 374 g/mol. The van der Waals surface area contributed by atoms with E-state index in [-0.39, 0.29) is 12.3 Å². The van der Waals surface area contributed by atoms with Gasteiger partial charge in [-0.2, -0.15) is 0 Å². The number of aliphatic carboxylic acids is 1. The molecule has 0 aliphatic heterocycles. The number of carboxylic acids is 1. The lowest BCUT2D eigenvalue weighted by Gasteiger charge is -2.18. The minimum absolute atomic E-state index is 0.323. The van der Waals surface area contributed by atoms with Crippen LogP contribution in [0.25, 0.3) is 0 Å². The van der Waals surface area contributed by atoms with Crippen LogP contribution in [0.5, 0.6) is 5.75 Å². The molecule has 6 heteroatoms. The van der Waals surface area contributed by atoms with Crippen LogP contribution in [0.1, 0.15) is 12.0 Å². The van der Waals surface area contributed by atoms with Gasteiger partial charge in [0.25, 0.3) is 0 Å². The normalized spacial score (nSPS) is 11.6. The molecule has 2 rings (SSSR count). The summed E-state index contributed by atoms with van der Waals surface area (Å²) in [7, 11) is 1.56. The number of benzene rings is 2. The smallest absolute Gasteiger partial charge is 0.228 e. The molecule has 0 radical (unpaired) electrons. The van der Waals surface area contributed by atoms with Crippen molar-refractivity contribution >= 4 is 33.5 Å². The molecule has 0 unspecified atom stereocenters. The van der Waals surface area contributed by atoms with Crippen LogP contribution in [0.15, 0.2) is 53.0 Å². The van der Waals surface area contributed by atoms with Crippen LogP contribution >= 0.6 is 15.9 Å². The van der Waals surface area contributed by atoms with E-state index in [2.05, 4.69) is 21.2 Å². The molecule has 0 spiro atoms. The Kier molecular flexibility index (Phi) is 6.37. The number of halogens is 1. The van der Waals surface area contributed by atoms with Crippen molar-refractivity contribution in [3.63, 3.8) is 0 Å². The Morgan fingerprint density at radius 1 is 1.12 bits per heavy atom. The number of amides is 1. The van der Waals surface area contributed by atoms with E-state index in [4.69, 9.17) is 4.74 Å². The summed E-state index contributed by atoms with van der Waals surface area (Å²) in [6.45, 7) is 0. The van der Waals surface area contributed by atoms with Gasteiger partial charge in [0.15, 0.2) is 0 Å². The zero-order valence-electron chi connectivity index (χ0n) is 13.1. The van der Waals surface area contributed by atoms with Crippen molar-refractivity contribution in [2.75, 3.05) is 12.4 Å². The molecule has 0 saturated heterocycles. The number of hydrogen-bond donors (Lipinski definition) is 1. The molecule has 1 atom stereocenters. The molecule has 0 saturated carbocycles. The van der Waals surface area contributed by atoms with E-state index >= 15 is 0 Å². The van der Waals surface area contributed by atoms with Crippen LogP contribution < -0.4 is 15.2 Å². The second-order valence-electron chi connectivity index (χ2n) is 5.32. The Hall–Kier alpha value is -2.34. The third-order valence-electron chi connectivity index (χ3n) is 3.54. The maximum absolute atomic E-state index is 12.4. The first kappa shape index (κ1) is 18.0. The molecule has 0 bridgehead atoms. The summed E-state index contributed by atoms with van der Waals surface area (Å²) in [6, 6.07) is 14.3. The summed E-state index contributed by atoms with van der Waals surface area (Å²) < 4.78 is 5.98. The number of hydrogen-bond acceptors (Lipinski definition) is 4. The van der Waals surface area contributed by atoms with Gasteiger partial charge in [0, 0.05) is 22.0 Å². The van der Waals surface area contributed by atoms with Crippen LogP contribution in [0.4, 0.5) is 5.69 Å². The molecule has 0 aliphatic carbocycles. The van der Waals surface area contributed by atoms with Gasteiger partial charge in [-0.1, -0.05) is 28.1 Å². The van der Waals surface area contributed by atoms with Crippen molar-refractivity contribution in [2.45, 2.75) is 12.8 Å². The number of methoxy groups -OCH3 is 1. The molecule has 2 aromatic rings. The third kappa shape index (κ3) is 5.38. The van der Waals surface area contributed by atoms with Crippen molar-refractivity contribution in [1.29, 1.82) is 0 Å². The minimum Gasteiger partial charge on any atom is -0.550 e. The van der Waals surface area contributed by atoms with E-state index in [0.717, 1.165) is 10.0 Å². The lowest BCUT2D eigenvalue weighted by Crippen LogP contribution is -2.32. The maximum Gasteiger partial charge on any atom is 0.228 e. The first-order valence-corrected chi connectivity index (χ1v) is 8.16. The summed E-state index contributed by atoms with van der Waals surface area (Å²) >= 11 is 3.34. The van der Waals surface area contributed by atoms with Gasteiger partial charge >= 0.3 is 0 Å². The fraction of sp³-hybridized carbons (Fsp3) is 0.222. The van der Waals surface area contributed by atoms with Crippen molar-refractivity contribution in [1.82, 2.24) is 0 Å². The zero-order valence-corrected chi connectivity index (χ0v) is 14.7. The first-order valence-electron chi connectivity index (χ1n) is 7.37. The number of rotatable bonds is 7. The predicted molar refractivity (Wildman–Crippen MR) is 92.6 cm³/mol. The number of carbonyl (C=O) groups is 2. The van der Waals surface area contributed by atoms with E-state index < -0.39 is 11.9 Å². The summed E-state index contributed by atoms with van der Waals surface area (Å²) in [5.74, 6) is -1.64. The largest absolute Gasteiger partial charge is 0.550 e. The van der Waals surface area contributed by atoms with Gasteiger partial charge in [-0.15, -0.1) is 0 Å². The van der Waals surface area contributed by atoms with Gasteiger partial charge in [0.05, 0.1) is 7.11 Å². The molecule has 0 aliphatic rings. The molecule has 0 heterocycles. The predicted octanol–water partition coefficient (Wildman–Crippen LogP) is 2.40. The van der Waals surface area contributed by atoms with Gasteiger partial charge in [-0.25, -0.2) is 0 Å². The molecule has 126 valence electrons. The zero-order chi connectivity index (χ0) is 17.5. The second kappa shape index (κ2) is 8.49. The number of nitrogens with one attached hydrogen (secondary N) is 1. The molecule has 2 aromatic carbocycles. The van der Waals surface area contributed by atoms with Crippen LogP contribution in [0, 0.1) is 5.92 Å². The van der Waals surface area contributed by atoms with Crippen LogP contribution in [-0.2, 0) is 16.0 Å². The highest BCUT2D eigenvalue weighted by Crippen LogP contribution is 2.19. The van der Waals surface area contributed by atoms with Crippen LogP contribution in [0.2, 0.25) is 0 Å². The van der Waals surface area contributed by atoms with E-state index in [1.165, 1.54) is 0 Å². The number of anilines is 1. The summed E-state index contributed by atoms with van der Waals surface area (Å²) in [5.41, 5.74) is 1.47. The summed E-state index contributed by atoms with van der Waals surface area (Å²) in [6.07, 6.45) is -0.0126. The van der Waals surface area contributed by atoms with Crippen LogP contribution in [0.3, 0.4) is 0 Å². The van der Waals surface area contributed by atoms with E-state index in [1.807, 2.05) is 24.3 Å². The fourth-order valence-electron chi connectivity index (χ4n) is 2.28. The SMILES string of the molecule is COc1ccc(NC(=O)[C@@H](CC(=O)[O-])Cc2ccc(Br)cc2)cc1. The fourth-order valence-corrected chi connectivity index (χ4v) is 2.55. The van der Waals surface area contributed by atoms with E-state index in [9.17, 15) is 14.7 Å². The Labute approximate surface area is 148 Å². The highest BCUT2D eigenvalue weighted by molar-refractivity contribution is 9.10. The molecule has 1 amide bonds. The molecule has 0 aromatic heterocycles. The highest BCUT2D eigenvalue weighted by atomic mass is 79.9. The molecule has 1 N–H and O–H groups in total. The van der Waals surface area contributed by atoms with Gasteiger partial charge < -0.3 is 20.0 Å². The van der Waals surface area contributed by atoms with Gasteiger partial charge in [-0.3, -0.25) is 4.79 Å². The number of carbonyl (C=O) groups excluding carboxylic acids is 2. The van der Waals surface area contributed by atoms with Crippen molar-refractivity contribution in [3.05, 3.63) is 58.6 Å². The number of carboxylic acid groups (broad SMARTS) is 1. The average Bonchev–Trinajstić information content (AvgIpc) is 2.56. The Morgan fingerprint density at radius 2 is 1.75 bits per heavy atom.